The molecular weight excluding hydrogens is 310 g/mol. The zero-order valence-electron chi connectivity index (χ0n) is 10.9. The van der Waals surface area contributed by atoms with Crippen molar-refractivity contribution in [2.45, 2.75) is 24.5 Å². The lowest BCUT2D eigenvalue weighted by Gasteiger charge is -2.16. The predicted molar refractivity (Wildman–Crippen MR) is 86.6 cm³/mol. The molecule has 0 amide bonds. The Bertz CT molecular complexity index is 631. The third kappa shape index (κ3) is 2.16. The number of fused-ring (bicyclic) bond motifs is 1. The molecule has 4 nitrogen and oxygen atoms in total. The van der Waals surface area contributed by atoms with Gasteiger partial charge in [0.2, 0.25) is 0 Å². The smallest absolute Gasteiger partial charge is 0.261 e. The average Bonchev–Trinajstić information content (AvgIpc) is 3.15. The number of nitrogen functional groups attached to an aromatic ring is 1. The lowest BCUT2D eigenvalue weighted by atomic mass is 10.1. The highest BCUT2D eigenvalue weighted by Crippen LogP contribution is 2.43. The van der Waals surface area contributed by atoms with Crippen LogP contribution in [0.4, 0.5) is 5.00 Å². The third-order valence-corrected chi connectivity index (χ3v) is 7.58. The van der Waals surface area contributed by atoms with Crippen LogP contribution in [-0.2, 0) is 12.8 Å². The summed E-state index contributed by atoms with van der Waals surface area (Å²) in [5.41, 5.74) is 8.50. The van der Waals surface area contributed by atoms with E-state index in [1.807, 2.05) is 23.5 Å². The molecule has 3 heterocycles. The van der Waals surface area contributed by atoms with E-state index in [-0.39, 0.29) is 0 Å². The number of hydrogen-bond acceptors (Lipinski definition) is 7. The van der Waals surface area contributed by atoms with Crippen LogP contribution in [0.15, 0.2) is 4.52 Å². The molecule has 1 aliphatic carbocycles. The van der Waals surface area contributed by atoms with Gasteiger partial charge in [-0.25, -0.2) is 0 Å². The van der Waals surface area contributed by atoms with Crippen LogP contribution in [0.3, 0.4) is 0 Å². The van der Waals surface area contributed by atoms with Crippen molar-refractivity contribution in [2.75, 3.05) is 23.0 Å². The van der Waals surface area contributed by atoms with Gasteiger partial charge >= 0.3 is 0 Å². The molecule has 4 rings (SSSR count). The molecule has 0 radical (unpaired) electrons. The monoisotopic (exact) mass is 325 g/mol. The number of rotatable bonds is 2. The second-order valence-corrected chi connectivity index (χ2v) is 8.59. The van der Waals surface area contributed by atoms with Gasteiger partial charge in [-0.1, -0.05) is 5.16 Å². The standard InChI is InChI=1S/C13H15N3OS3/c14-11-10(7-2-1-3-8(7)20-11)13-15-12(16-17-13)9-6-18-4-5-19-9/h9H,1-6,14H2. The van der Waals surface area contributed by atoms with Crippen LogP contribution in [0.25, 0.3) is 11.5 Å². The summed E-state index contributed by atoms with van der Waals surface area (Å²) >= 11 is 5.57. The summed E-state index contributed by atoms with van der Waals surface area (Å²) in [6.45, 7) is 0. The number of thiophene rings is 1. The van der Waals surface area contributed by atoms with E-state index in [4.69, 9.17) is 10.3 Å². The number of aryl methyl sites for hydroxylation is 1. The maximum atomic E-state index is 6.15. The summed E-state index contributed by atoms with van der Waals surface area (Å²) in [6, 6.07) is 0. The molecule has 0 bridgehead atoms. The van der Waals surface area contributed by atoms with E-state index in [2.05, 4.69) is 10.1 Å². The second-order valence-electron chi connectivity index (χ2n) is 4.99. The fraction of sp³-hybridized carbons (Fsp3) is 0.538. The molecule has 1 fully saturated rings. The van der Waals surface area contributed by atoms with Crippen molar-refractivity contribution < 1.29 is 4.52 Å². The van der Waals surface area contributed by atoms with Gasteiger partial charge in [-0.15, -0.1) is 23.1 Å². The Morgan fingerprint density at radius 2 is 2.20 bits per heavy atom. The maximum Gasteiger partial charge on any atom is 0.261 e. The molecule has 1 aliphatic heterocycles. The van der Waals surface area contributed by atoms with Crippen molar-refractivity contribution in [2.24, 2.45) is 0 Å². The van der Waals surface area contributed by atoms with Gasteiger partial charge in [-0.3, -0.25) is 0 Å². The summed E-state index contributed by atoms with van der Waals surface area (Å²) in [4.78, 5) is 6.03. The SMILES string of the molecule is Nc1sc2c(c1-c1nc(C3CSCCS3)no1)CCC2. The molecule has 0 saturated carbocycles. The van der Waals surface area contributed by atoms with Crippen LogP contribution in [0.2, 0.25) is 0 Å². The number of hydrogen-bond donors (Lipinski definition) is 1. The van der Waals surface area contributed by atoms with Crippen molar-refractivity contribution in [3.05, 3.63) is 16.3 Å². The Kier molecular flexibility index (Phi) is 3.44. The van der Waals surface area contributed by atoms with E-state index < -0.39 is 0 Å². The van der Waals surface area contributed by atoms with Crippen molar-refractivity contribution in [1.82, 2.24) is 10.1 Å². The molecule has 1 unspecified atom stereocenters. The van der Waals surface area contributed by atoms with Gasteiger partial charge < -0.3 is 10.3 Å². The van der Waals surface area contributed by atoms with E-state index in [0.717, 1.165) is 40.7 Å². The Labute approximate surface area is 129 Å². The molecule has 20 heavy (non-hydrogen) atoms. The Morgan fingerprint density at radius 1 is 1.25 bits per heavy atom. The van der Waals surface area contributed by atoms with Gasteiger partial charge in [0.25, 0.3) is 5.89 Å². The fourth-order valence-electron chi connectivity index (χ4n) is 2.76. The molecule has 2 aromatic heterocycles. The molecule has 0 spiro atoms. The number of aromatic nitrogens is 2. The number of nitrogens with two attached hydrogens (primary N) is 1. The Morgan fingerprint density at radius 3 is 3.05 bits per heavy atom. The highest BCUT2D eigenvalue weighted by molar-refractivity contribution is 8.06. The number of nitrogens with zero attached hydrogens (tertiary/aromatic N) is 2. The first kappa shape index (κ1) is 13.0. The zero-order chi connectivity index (χ0) is 13.5. The first-order valence-electron chi connectivity index (χ1n) is 6.76. The molecule has 2 aliphatic rings. The van der Waals surface area contributed by atoms with Gasteiger partial charge in [-0.05, 0) is 24.8 Å². The van der Waals surface area contributed by atoms with Gasteiger partial charge in [0.1, 0.15) is 0 Å². The number of thioether (sulfide) groups is 2. The summed E-state index contributed by atoms with van der Waals surface area (Å²) in [5.74, 6) is 4.90. The molecule has 0 aromatic carbocycles. The largest absolute Gasteiger partial charge is 0.390 e. The molecule has 7 heteroatoms. The maximum absolute atomic E-state index is 6.15. The third-order valence-electron chi connectivity index (χ3n) is 3.71. The highest BCUT2D eigenvalue weighted by Gasteiger charge is 2.27. The first-order valence-corrected chi connectivity index (χ1v) is 9.78. The summed E-state index contributed by atoms with van der Waals surface area (Å²) in [5, 5.41) is 5.38. The van der Waals surface area contributed by atoms with Gasteiger partial charge in [0.05, 0.1) is 15.8 Å². The normalized spacial score (nSPS) is 22.1. The summed E-state index contributed by atoms with van der Waals surface area (Å²) in [7, 11) is 0. The molecule has 1 saturated heterocycles. The minimum atomic E-state index is 0.360. The molecule has 2 aromatic rings. The zero-order valence-corrected chi connectivity index (χ0v) is 13.4. The van der Waals surface area contributed by atoms with Crippen molar-refractivity contribution in [1.29, 1.82) is 0 Å². The van der Waals surface area contributed by atoms with Gasteiger partial charge in [0, 0.05) is 22.1 Å². The Hall–Kier alpha value is -0.660. The van der Waals surface area contributed by atoms with Crippen LogP contribution in [0.5, 0.6) is 0 Å². The van der Waals surface area contributed by atoms with E-state index in [9.17, 15) is 0 Å². The first-order chi connectivity index (χ1) is 9.83. The minimum absolute atomic E-state index is 0.360. The lowest BCUT2D eigenvalue weighted by molar-refractivity contribution is 0.423. The minimum Gasteiger partial charge on any atom is -0.390 e. The van der Waals surface area contributed by atoms with Crippen LogP contribution < -0.4 is 5.73 Å². The van der Waals surface area contributed by atoms with Crippen molar-refractivity contribution in [3.8, 4) is 11.5 Å². The lowest BCUT2D eigenvalue weighted by Crippen LogP contribution is -2.07. The quantitative estimate of drug-likeness (QED) is 0.913. The topological polar surface area (TPSA) is 64.9 Å². The predicted octanol–water partition coefficient (Wildman–Crippen LogP) is 3.39. The van der Waals surface area contributed by atoms with Crippen LogP contribution in [0, 0.1) is 0 Å². The molecular formula is C13H15N3OS3. The molecule has 1 atom stereocenters. The summed E-state index contributed by atoms with van der Waals surface area (Å²) < 4.78 is 5.51. The van der Waals surface area contributed by atoms with Gasteiger partial charge in [-0.2, -0.15) is 16.7 Å². The Balaban J connectivity index is 1.68. The average molecular weight is 325 g/mol. The van der Waals surface area contributed by atoms with E-state index >= 15 is 0 Å². The van der Waals surface area contributed by atoms with Crippen LogP contribution in [-0.4, -0.2) is 27.4 Å². The second kappa shape index (κ2) is 5.27. The van der Waals surface area contributed by atoms with E-state index in [1.54, 1.807) is 11.3 Å². The van der Waals surface area contributed by atoms with E-state index in [0.29, 0.717) is 11.1 Å². The highest BCUT2D eigenvalue weighted by atomic mass is 32.2. The van der Waals surface area contributed by atoms with E-state index in [1.165, 1.54) is 22.6 Å². The summed E-state index contributed by atoms with van der Waals surface area (Å²) in [6.07, 6.45) is 3.44. The molecule has 2 N–H and O–H groups in total. The van der Waals surface area contributed by atoms with Crippen LogP contribution in [0.1, 0.15) is 27.9 Å². The molecule has 106 valence electrons. The fourth-order valence-corrected chi connectivity index (χ4v) is 6.50. The van der Waals surface area contributed by atoms with Crippen LogP contribution >= 0.6 is 34.9 Å². The van der Waals surface area contributed by atoms with Crippen molar-refractivity contribution >= 4 is 39.9 Å². The van der Waals surface area contributed by atoms with Crippen molar-refractivity contribution in [3.63, 3.8) is 0 Å². The number of anilines is 1. The van der Waals surface area contributed by atoms with Gasteiger partial charge in [0.15, 0.2) is 5.82 Å².